The van der Waals surface area contributed by atoms with Crippen molar-refractivity contribution >= 4 is 32.5 Å². The van der Waals surface area contributed by atoms with Crippen LogP contribution in [0.4, 0.5) is 0 Å². The zero-order chi connectivity index (χ0) is 19.9. The van der Waals surface area contributed by atoms with Crippen molar-refractivity contribution in [1.82, 2.24) is 9.29 Å². The van der Waals surface area contributed by atoms with Crippen molar-refractivity contribution in [3.8, 4) is 0 Å². The normalized spacial score (nSPS) is 14.4. The number of aryl methyl sites for hydroxylation is 1. The van der Waals surface area contributed by atoms with Gasteiger partial charge in [-0.15, -0.1) is 11.3 Å². The molecule has 10 heteroatoms. The summed E-state index contributed by atoms with van der Waals surface area (Å²) in [6.07, 6.45) is 1.41. The molecule has 146 valence electrons. The lowest BCUT2D eigenvalue weighted by Gasteiger charge is -2.25. The highest BCUT2D eigenvalue weighted by molar-refractivity contribution is 7.89. The lowest BCUT2D eigenvalue weighted by molar-refractivity contribution is 0.0655. The number of fused-ring (bicyclic) bond motifs is 1. The monoisotopic (exact) mass is 420 g/mol. The smallest absolute Gasteiger partial charge is 0.419 e. The molecule has 0 radical (unpaired) electrons. The van der Waals surface area contributed by atoms with Crippen molar-refractivity contribution < 1.29 is 22.4 Å². The Morgan fingerprint density at radius 3 is 2.75 bits per heavy atom. The standard InChI is InChI=1S/C18H16N2O6S2/c1-20-13-10-12(6-7-14(13)26-17(20)21)28(23,24)19-11-18(22,15-4-2-8-25-15)16-5-3-9-27-16/h2-10,19,22H,11H2,1H3. The first-order valence-corrected chi connectivity index (χ1v) is 10.6. The Kier molecular flexibility index (Phi) is 4.50. The molecule has 0 aliphatic heterocycles. The van der Waals surface area contributed by atoms with Crippen LogP contribution in [0.2, 0.25) is 0 Å². The van der Waals surface area contributed by atoms with E-state index in [4.69, 9.17) is 8.83 Å². The number of thiophene rings is 1. The van der Waals surface area contributed by atoms with Gasteiger partial charge in [-0.25, -0.2) is 17.9 Å². The molecule has 0 aliphatic carbocycles. The highest BCUT2D eigenvalue weighted by Crippen LogP contribution is 2.33. The van der Waals surface area contributed by atoms with Gasteiger partial charge in [0.1, 0.15) is 5.76 Å². The van der Waals surface area contributed by atoms with E-state index >= 15 is 0 Å². The van der Waals surface area contributed by atoms with Gasteiger partial charge in [0.15, 0.2) is 11.2 Å². The Hall–Kier alpha value is -2.66. The van der Waals surface area contributed by atoms with Crippen molar-refractivity contribution in [3.05, 3.63) is 75.3 Å². The van der Waals surface area contributed by atoms with Crippen LogP contribution in [0.3, 0.4) is 0 Å². The van der Waals surface area contributed by atoms with Gasteiger partial charge < -0.3 is 13.9 Å². The minimum Gasteiger partial charge on any atom is -0.466 e. The fourth-order valence-electron chi connectivity index (χ4n) is 2.88. The maximum absolute atomic E-state index is 12.8. The van der Waals surface area contributed by atoms with Crippen molar-refractivity contribution in [2.75, 3.05) is 6.54 Å². The number of nitrogens with zero attached hydrogens (tertiary/aromatic N) is 1. The minimum absolute atomic E-state index is 0.0515. The topological polar surface area (TPSA) is 115 Å². The first-order chi connectivity index (χ1) is 13.3. The summed E-state index contributed by atoms with van der Waals surface area (Å²) in [6, 6.07) is 10.8. The summed E-state index contributed by atoms with van der Waals surface area (Å²) in [4.78, 5) is 12.1. The summed E-state index contributed by atoms with van der Waals surface area (Å²) in [7, 11) is -2.49. The third-order valence-electron chi connectivity index (χ3n) is 4.45. The Morgan fingerprint density at radius 2 is 2.07 bits per heavy atom. The lowest BCUT2D eigenvalue weighted by Crippen LogP contribution is -2.40. The molecule has 0 fully saturated rings. The van der Waals surface area contributed by atoms with Crippen molar-refractivity contribution in [1.29, 1.82) is 0 Å². The first kappa shape index (κ1) is 18.7. The summed E-state index contributed by atoms with van der Waals surface area (Å²) >= 11 is 1.29. The third kappa shape index (κ3) is 3.10. The summed E-state index contributed by atoms with van der Waals surface area (Å²) < 4.78 is 39.6. The number of sulfonamides is 1. The number of oxazole rings is 1. The highest BCUT2D eigenvalue weighted by atomic mass is 32.2. The minimum atomic E-state index is -3.98. The summed E-state index contributed by atoms with van der Waals surface area (Å²) in [5.41, 5.74) is -1.01. The molecular formula is C18H16N2O6S2. The largest absolute Gasteiger partial charge is 0.466 e. The number of aliphatic hydroxyl groups is 1. The fourth-order valence-corrected chi connectivity index (χ4v) is 4.79. The van der Waals surface area contributed by atoms with E-state index in [9.17, 15) is 18.3 Å². The van der Waals surface area contributed by atoms with Gasteiger partial charge in [0.05, 0.1) is 23.2 Å². The number of hydrogen-bond acceptors (Lipinski definition) is 7. The molecule has 0 amide bonds. The molecule has 0 spiro atoms. The van der Waals surface area contributed by atoms with Gasteiger partial charge in [0.25, 0.3) is 0 Å². The number of furan rings is 1. The molecule has 3 heterocycles. The second kappa shape index (κ2) is 6.74. The second-order valence-corrected chi connectivity index (χ2v) is 8.91. The van der Waals surface area contributed by atoms with E-state index in [0.29, 0.717) is 10.4 Å². The number of aromatic nitrogens is 1. The van der Waals surface area contributed by atoms with Crippen LogP contribution in [0.1, 0.15) is 10.6 Å². The predicted molar refractivity (Wildman–Crippen MR) is 103 cm³/mol. The van der Waals surface area contributed by atoms with Crippen LogP contribution in [-0.2, 0) is 22.7 Å². The van der Waals surface area contributed by atoms with Crippen LogP contribution in [0.5, 0.6) is 0 Å². The average molecular weight is 420 g/mol. The Labute approximate surface area is 163 Å². The van der Waals surface area contributed by atoms with Crippen molar-refractivity contribution in [2.24, 2.45) is 7.05 Å². The van der Waals surface area contributed by atoms with Gasteiger partial charge >= 0.3 is 5.76 Å². The summed E-state index contributed by atoms with van der Waals surface area (Å²) in [5, 5.41) is 13.0. The maximum atomic E-state index is 12.8. The molecule has 2 N–H and O–H groups in total. The molecule has 4 aromatic rings. The molecule has 1 aromatic carbocycles. The Bertz CT molecular complexity index is 1230. The van der Waals surface area contributed by atoms with E-state index in [0.717, 1.165) is 0 Å². The SMILES string of the molecule is Cn1c(=O)oc2ccc(S(=O)(=O)NCC(O)(c3ccco3)c3cccs3)cc21. The predicted octanol–water partition coefficient (Wildman–Crippen LogP) is 2.00. The first-order valence-electron chi connectivity index (χ1n) is 8.21. The Balaban J connectivity index is 1.67. The van der Waals surface area contributed by atoms with E-state index in [-0.39, 0.29) is 22.8 Å². The zero-order valence-corrected chi connectivity index (χ0v) is 16.3. The van der Waals surface area contributed by atoms with E-state index in [1.165, 1.54) is 47.4 Å². The molecule has 8 nitrogen and oxygen atoms in total. The molecule has 0 saturated carbocycles. The molecule has 1 unspecified atom stereocenters. The van der Waals surface area contributed by atoms with Gasteiger partial charge in [0.2, 0.25) is 10.0 Å². The van der Waals surface area contributed by atoms with E-state index in [1.54, 1.807) is 29.6 Å². The van der Waals surface area contributed by atoms with Gasteiger partial charge in [-0.1, -0.05) is 6.07 Å². The Morgan fingerprint density at radius 1 is 1.25 bits per heavy atom. The molecule has 1 atom stereocenters. The summed E-state index contributed by atoms with van der Waals surface area (Å²) in [5.74, 6) is -0.354. The van der Waals surface area contributed by atoms with Crippen LogP contribution in [0.15, 0.2) is 72.6 Å². The van der Waals surface area contributed by atoms with E-state index < -0.39 is 21.4 Å². The van der Waals surface area contributed by atoms with Crippen LogP contribution in [-0.4, -0.2) is 24.6 Å². The van der Waals surface area contributed by atoms with Crippen molar-refractivity contribution in [3.63, 3.8) is 0 Å². The van der Waals surface area contributed by atoms with Gasteiger partial charge in [-0.2, -0.15) is 0 Å². The molecule has 0 aliphatic rings. The molecule has 0 saturated heterocycles. The molecule has 0 bridgehead atoms. The third-order valence-corrected chi connectivity index (χ3v) is 6.87. The van der Waals surface area contributed by atoms with E-state index in [2.05, 4.69) is 4.72 Å². The average Bonchev–Trinajstić information content (AvgIpc) is 3.43. The second-order valence-electron chi connectivity index (χ2n) is 6.20. The quantitative estimate of drug-likeness (QED) is 0.493. The fraction of sp³-hybridized carbons (Fsp3) is 0.167. The van der Waals surface area contributed by atoms with Gasteiger partial charge in [-0.05, 0) is 41.8 Å². The number of rotatable bonds is 6. The molecule has 3 aromatic heterocycles. The lowest BCUT2D eigenvalue weighted by atomic mass is 9.99. The van der Waals surface area contributed by atoms with E-state index in [1.807, 2.05) is 0 Å². The van der Waals surface area contributed by atoms with Crippen LogP contribution in [0.25, 0.3) is 11.1 Å². The highest BCUT2D eigenvalue weighted by Gasteiger charge is 2.37. The van der Waals surface area contributed by atoms with Gasteiger partial charge in [-0.3, -0.25) is 4.57 Å². The van der Waals surface area contributed by atoms with Crippen LogP contribution in [0, 0.1) is 0 Å². The van der Waals surface area contributed by atoms with Gasteiger partial charge in [0, 0.05) is 11.9 Å². The molecule has 28 heavy (non-hydrogen) atoms. The molecule has 4 rings (SSSR count). The summed E-state index contributed by atoms with van der Waals surface area (Å²) in [6.45, 7) is -0.328. The number of nitrogens with one attached hydrogen (secondary N) is 1. The van der Waals surface area contributed by atoms with Crippen LogP contribution >= 0.6 is 11.3 Å². The number of hydrogen-bond donors (Lipinski definition) is 2. The zero-order valence-electron chi connectivity index (χ0n) is 14.7. The maximum Gasteiger partial charge on any atom is 0.419 e. The van der Waals surface area contributed by atoms with Crippen LogP contribution < -0.4 is 10.5 Å². The van der Waals surface area contributed by atoms with Crippen molar-refractivity contribution in [2.45, 2.75) is 10.5 Å². The molecular weight excluding hydrogens is 404 g/mol. The number of benzene rings is 1.